The Hall–Kier alpha value is -3.45. The van der Waals surface area contributed by atoms with Gasteiger partial charge in [-0.05, 0) is 49.4 Å². The fourth-order valence-corrected chi connectivity index (χ4v) is 3.51. The number of benzene rings is 1. The van der Waals surface area contributed by atoms with Crippen molar-refractivity contribution in [3.63, 3.8) is 0 Å². The summed E-state index contributed by atoms with van der Waals surface area (Å²) in [5.41, 5.74) is 3.68. The van der Waals surface area contributed by atoms with Crippen LogP contribution in [0.25, 0.3) is 17.4 Å². The molecule has 0 aliphatic carbocycles. The Morgan fingerprint density at radius 2 is 2.13 bits per heavy atom. The Bertz CT molecular complexity index is 1120. The van der Waals surface area contributed by atoms with Crippen molar-refractivity contribution in [3.05, 3.63) is 70.3 Å². The number of likely N-dealkylation sites (N-methyl/N-ethyl adjacent to an activating group) is 1. The molecular formula is C23H22FN3O3. The van der Waals surface area contributed by atoms with E-state index in [9.17, 15) is 14.0 Å². The fourth-order valence-electron chi connectivity index (χ4n) is 3.51. The molecule has 0 atom stereocenters. The van der Waals surface area contributed by atoms with Gasteiger partial charge in [-0.25, -0.2) is 4.39 Å². The Morgan fingerprint density at radius 3 is 2.80 bits per heavy atom. The van der Waals surface area contributed by atoms with Gasteiger partial charge in [-0.2, -0.15) is 0 Å². The second-order valence-electron chi connectivity index (χ2n) is 7.18. The SMILES string of the molecule is CCNCC1=CC=C(c2c(F)ccc3c2/C(=C/c2cc(C(C)=O)c[nH]2)C(=O)N3)OC1. The minimum absolute atomic E-state index is 0.0835. The zero-order valence-corrected chi connectivity index (χ0v) is 16.8. The molecule has 0 unspecified atom stereocenters. The predicted octanol–water partition coefficient (Wildman–Crippen LogP) is 3.76. The molecule has 154 valence electrons. The quantitative estimate of drug-likeness (QED) is 0.503. The number of hydrogen-bond donors (Lipinski definition) is 3. The summed E-state index contributed by atoms with van der Waals surface area (Å²) in [5, 5.41) is 6.01. The third-order valence-electron chi connectivity index (χ3n) is 5.06. The third-order valence-corrected chi connectivity index (χ3v) is 5.06. The lowest BCUT2D eigenvalue weighted by Crippen LogP contribution is -2.19. The molecule has 1 aromatic carbocycles. The molecule has 2 aromatic rings. The highest BCUT2D eigenvalue weighted by atomic mass is 19.1. The summed E-state index contributed by atoms with van der Waals surface area (Å²) in [7, 11) is 0. The molecule has 0 saturated carbocycles. The van der Waals surface area contributed by atoms with E-state index in [4.69, 9.17) is 4.74 Å². The maximum absolute atomic E-state index is 14.9. The van der Waals surface area contributed by atoms with Gasteiger partial charge >= 0.3 is 0 Å². The molecule has 1 aromatic heterocycles. The van der Waals surface area contributed by atoms with Crippen LogP contribution in [0.5, 0.6) is 0 Å². The number of H-pyrrole nitrogens is 1. The van der Waals surface area contributed by atoms with Crippen molar-refractivity contribution in [3.8, 4) is 0 Å². The second-order valence-corrected chi connectivity index (χ2v) is 7.18. The van der Waals surface area contributed by atoms with Crippen LogP contribution in [-0.4, -0.2) is 36.4 Å². The first kappa shape index (κ1) is 19.8. The molecule has 6 nitrogen and oxygen atoms in total. The first-order valence-electron chi connectivity index (χ1n) is 9.76. The van der Waals surface area contributed by atoms with Crippen molar-refractivity contribution in [2.24, 2.45) is 0 Å². The predicted molar refractivity (Wildman–Crippen MR) is 114 cm³/mol. The number of rotatable bonds is 6. The molecule has 1 amide bonds. The van der Waals surface area contributed by atoms with Gasteiger partial charge in [0.05, 0.1) is 16.8 Å². The van der Waals surface area contributed by atoms with E-state index in [1.54, 1.807) is 30.5 Å². The second kappa shape index (κ2) is 8.12. The number of hydrogen-bond acceptors (Lipinski definition) is 4. The molecule has 2 aliphatic rings. The monoisotopic (exact) mass is 407 g/mol. The molecule has 0 radical (unpaired) electrons. The lowest BCUT2D eigenvalue weighted by Gasteiger charge is -2.19. The van der Waals surface area contributed by atoms with Crippen molar-refractivity contribution < 1.29 is 18.7 Å². The van der Waals surface area contributed by atoms with Gasteiger partial charge in [0, 0.05) is 29.6 Å². The molecule has 0 saturated heterocycles. The zero-order chi connectivity index (χ0) is 21.3. The van der Waals surface area contributed by atoms with E-state index in [-0.39, 0.29) is 17.3 Å². The zero-order valence-electron chi connectivity index (χ0n) is 16.8. The highest BCUT2D eigenvalue weighted by Gasteiger charge is 2.31. The van der Waals surface area contributed by atoms with Crippen LogP contribution in [0.3, 0.4) is 0 Å². The van der Waals surface area contributed by atoms with Crippen LogP contribution in [0, 0.1) is 5.82 Å². The number of nitrogens with one attached hydrogen (secondary N) is 3. The summed E-state index contributed by atoms with van der Waals surface area (Å²) in [6.45, 7) is 5.39. The first-order valence-corrected chi connectivity index (χ1v) is 9.76. The standard InChI is InChI=1S/C23H22FN3O3/c1-3-25-10-14-4-7-20(30-12-14)22-18(24)5-6-19-21(22)17(23(29)27-19)9-16-8-15(11-26-16)13(2)28/h4-9,11,25-26H,3,10,12H2,1-2H3,(H,27,29)/b17-9-. The van der Waals surface area contributed by atoms with Crippen LogP contribution in [-0.2, 0) is 9.53 Å². The average Bonchev–Trinajstić information content (AvgIpc) is 3.33. The van der Waals surface area contributed by atoms with Gasteiger partial charge in [-0.3, -0.25) is 9.59 Å². The average molecular weight is 407 g/mol. The van der Waals surface area contributed by atoms with Crippen LogP contribution in [0.4, 0.5) is 10.1 Å². The first-order chi connectivity index (χ1) is 14.5. The number of aromatic amines is 1. The van der Waals surface area contributed by atoms with Crippen LogP contribution in [0.1, 0.15) is 41.0 Å². The molecule has 30 heavy (non-hydrogen) atoms. The molecule has 3 heterocycles. The summed E-state index contributed by atoms with van der Waals surface area (Å²) in [6.07, 6.45) is 6.85. The van der Waals surface area contributed by atoms with E-state index in [1.165, 1.54) is 13.0 Å². The number of ketones is 1. The summed E-state index contributed by atoms with van der Waals surface area (Å²) < 4.78 is 20.7. The van der Waals surface area contributed by atoms with Gasteiger partial charge in [0.2, 0.25) is 0 Å². The number of halogens is 1. The summed E-state index contributed by atoms with van der Waals surface area (Å²) >= 11 is 0. The number of carbonyl (C=O) groups is 2. The van der Waals surface area contributed by atoms with Gasteiger partial charge in [-0.1, -0.05) is 13.0 Å². The van der Waals surface area contributed by atoms with Gasteiger partial charge < -0.3 is 20.4 Å². The maximum atomic E-state index is 14.9. The minimum atomic E-state index is -0.471. The number of carbonyl (C=O) groups excluding carboxylic acids is 2. The number of ether oxygens (including phenoxy) is 1. The number of Topliss-reactive ketones (excluding diaryl/α,β-unsaturated/α-hetero) is 1. The maximum Gasteiger partial charge on any atom is 0.256 e. The topological polar surface area (TPSA) is 83.2 Å². The highest BCUT2D eigenvalue weighted by Crippen LogP contribution is 2.40. The third kappa shape index (κ3) is 3.71. The molecule has 0 fully saturated rings. The van der Waals surface area contributed by atoms with Crippen molar-refractivity contribution in [2.75, 3.05) is 25.0 Å². The van der Waals surface area contributed by atoms with Gasteiger partial charge in [0.15, 0.2) is 5.78 Å². The summed E-state index contributed by atoms with van der Waals surface area (Å²) in [5.74, 6) is -0.514. The van der Waals surface area contributed by atoms with E-state index in [0.717, 1.165) is 12.1 Å². The van der Waals surface area contributed by atoms with Gasteiger partial charge in [0.1, 0.15) is 18.2 Å². The van der Waals surface area contributed by atoms with E-state index in [2.05, 4.69) is 15.6 Å². The van der Waals surface area contributed by atoms with Crippen LogP contribution >= 0.6 is 0 Å². The lowest BCUT2D eigenvalue weighted by molar-refractivity contribution is -0.110. The van der Waals surface area contributed by atoms with Gasteiger partial charge in [0.25, 0.3) is 5.91 Å². The van der Waals surface area contributed by atoms with Crippen molar-refractivity contribution in [2.45, 2.75) is 13.8 Å². The van der Waals surface area contributed by atoms with E-state index >= 15 is 0 Å². The largest absolute Gasteiger partial charge is 0.488 e. The summed E-state index contributed by atoms with van der Waals surface area (Å²) in [4.78, 5) is 27.2. The van der Waals surface area contributed by atoms with E-state index < -0.39 is 5.82 Å². The molecule has 2 aliphatic heterocycles. The Morgan fingerprint density at radius 1 is 1.30 bits per heavy atom. The smallest absolute Gasteiger partial charge is 0.256 e. The van der Waals surface area contributed by atoms with Gasteiger partial charge in [-0.15, -0.1) is 0 Å². The Balaban J connectivity index is 1.77. The summed E-state index contributed by atoms with van der Waals surface area (Å²) in [6, 6.07) is 4.52. The van der Waals surface area contributed by atoms with Crippen LogP contribution in [0.2, 0.25) is 0 Å². The number of amides is 1. The molecular weight excluding hydrogens is 385 g/mol. The Kier molecular flexibility index (Phi) is 5.37. The van der Waals surface area contributed by atoms with E-state index in [1.807, 2.05) is 13.0 Å². The van der Waals surface area contributed by atoms with E-state index in [0.29, 0.717) is 47.0 Å². The van der Waals surface area contributed by atoms with Crippen molar-refractivity contribution >= 4 is 34.8 Å². The minimum Gasteiger partial charge on any atom is -0.488 e. The number of aromatic nitrogens is 1. The number of fused-ring (bicyclic) bond motifs is 1. The van der Waals surface area contributed by atoms with Crippen molar-refractivity contribution in [1.29, 1.82) is 0 Å². The normalized spacial score (nSPS) is 16.6. The van der Waals surface area contributed by atoms with Crippen molar-refractivity contribution in [1.82, 2.24) is 10.3 Å². The Labute approximate surface area is 173 Å². The lowest BCUT2D eigenvalue weighted by atomic mass is 9.96. The molecule has 0 bridgehead atoms. The molecule has 3 N–H and O–H groups in total. The number of anilines is 1. The van der Waals surface area contributed by atoms with Crippen LogP contribution < -0.4 is 10.6 Å². The molecule has 7 heteroatoms. The fraction of sp³-hybridized carbons (Fsp3) is 0.217. The number of allylic oxidation sites excluding steroid dienone is 2. The van der Waals surface area contributed by atoms with Crippen LogP contribution in [0.15, 0.2) is 42.1 Å². The molecule has 4 rings (SSSR count). The highest BCUT2D eigenvalue weighted by molar-refractivity contribution is 6.35. The molecule has 0 spiro atoms.